The molecule has 0 saturated carbocycles. The summed E-state index contributed by atoms with van der Waals surface area (Å²) in [4.78, 5) is 135. The number of guanidine groups is 1. The van der Waals surface area contributed by atoms with Crippen molar-refractivity contribution in [1.29, 1.82) is 0 Å². The van der Waals surface area contributed by atoms with Gasteiger partial charge in [0.25, 0.3) is 12.4 Å². The SMILES string of the molecule is CN(C)C(N)=NCCC[C@H](NC(=O)CCCCNC(=O)CCCN1CCN(CC(=O)O)CCN(CC(=O)O)CCN(CC(=O)O)CC1)C(=O)NCCCCC(=O)NCc1ccc(C(=O)NCC(=O)N2CCCC2B(O)O)cc1.O=CO. The first-order valence-corrected chi connectivity index (χ1v) is 27.3. The lowest BCUT2D eigenvalue weighted by atomic mass is 9.78. The Morgan fingerprint density at radius 2 is 1.17 bits per heavy atom. The van der Waals surface area contributed by atoms with E-state index in [2.05, 4.69) is 36.5 Å². The highest BCUT2D eigenvalue weighted by atomic mass is 16.4. The van der Waals surface area contributed by atoms with Gasteiger partial charge in [-0.05, 0) is 82.0 Å². The fourth-order valence-corrected chi connectivity index (χ4v) is 8.79. The lowest BCUT2D eigenvalue weighted by Gasteiger charge is -2.33. The van der Waals surface area contributed by atoms with Gasteiger partial charge >= 0.3 is 25.0 Å². The summed E-state index contributed by atoms with van der Waals surface area (Å²) in [6.07, 6.45) is 4.83. The van der Waals surface area contributed by atoms with Crippen LogP contribution in [0, 0.1) is 0 Å². The number of rotatable bonds is 32. The van der Waals surface area contributed by atoms with Crippen LogP contribution < -0.4 is 32.3 Å². The van der Waals surface area contributed by atoms with Crippen LogP contribution in [0.4, 0.5) is 0 Å². The summed E-state index contributed by atoms with van der Waals surface area (Å²) in [7, 11) is 1.87. The van der Waals surface area contributed by atoms with Crippen LogP contribution in [-0.4, -0.2) is 270 Å². The molecule has 454 valence electrons. The van der Waals surface area contributed by atoms with Gasteiger partial charge in [-0.25, -0.2) is 0 Å². The molecule has 0 radical (unpaired) electrons. The fourth-order valence-electron chi connectivity index (χ4n) is 8.79. The van der Waals surface area contributed by atoms with E-state index in [0.717, 1.165) is 5.56 Å². The first kappa shape index (κ1) is 70.1. The minimum Gasteiger partial charge on any atom is -0.483 e. The number of carboxylic acid groups (broad SMARTS) is 4. The predicted molar refractivity (Wildman–Crippen MR) is 297 cm³/mol. The van der Waals surface area contributed by atoms with Crippen LogP contribution in [-0.2, 0) is 49.7 Å². The number of carbonyl (C=O) groups is 10. The Labute approximate surface area is 473 Å². The second-order valence-corrected chi connectivity index (χ2v) is 19.9. The second-order valence-electron chi connectivity index (χ2n) is 19.9. The van der Waals surface area contributed by atoms with E-state index in [1.54, 1.807) is 58.0 Å². The molecule has 6 amide bonds. The van der Waals surface area contributed by atoms with E-state index in [-0.39, 0.29) is 88.6 Å². The van der Waals surface area contributed by atoms with Crippen molar-refractivity contribution in [3.8, 4) is 0 Å². The average molecular weight is 1150 g/mol. The van der Waals surface area contributed by atoms with Crippen molar-refractivity contribution in [3.05, 3.63) is 35.4 Å². The number of amides is 6. The molecule has 13 N–H and O–H groups in total. The van der Waals surface area contributed by atoms with Gasteiger partial charge in [0.05, 0.1) is 32.1 Å². The monoisotopic (exact) mass is 1150 g/mol. The minimum absolute atomic E-state index is 0.117. The van der Waals surface area contributed by atoms with Crippen LogP contribution >= 0.6 is 0 Å². The van der Waals surface area contributed by atoms with Gasteiger partial charge in [-0.1, -0.05) is 12.1 Å². The average Bonchev–Trinajstić information content (AvgIpc) is 3.92. The summed E-state index contributed by atoms with van der Waals surface area (Å²) in [5.41, 5.74) is 6.98. The molecule has 0 spiro atoms. The van der Waals surface area contributed by atoms with Crippen LogP contribution in [0.15, 0.2) is 29.3 Å². The maximum atomic E-state index is 13.3. The lowest BCUT2D eigenvalue weighted by Crippen LogP contribution is -2.48. The molecule has 81 heavy (non-hydrogen) atoms. The van der Waals surface area contributed by atoms with Crippen molar-refractivity contribution >= 4 is 72.9 Å². The molecule has 0 aliphatic carbocycles. The molecular formula is C51H86BN13O16. The van der Waals surface area contributed by atoms with Gasteiger partial charge in [-0.15, -0.1) is 0 Å². The molecule has 30 heteroatoms. The number of aliphatic imine (C=N–C) groups is 1. The molecular weight excluding hydrogens is 1060 g/mol. The van der Waals surface area contributed by atoms with Crippen LogP contribution in [0.25, 0.3) is 0 Å². The summed E-state index contributed by atoms with van der Waals surface area (Å²) >= 11 is 0. The molecule has 1 unspecified atom stereocenters. The van der Waals surface area contributed by atoms with Gasteiger partial charge in [-0.3, -0.25) is 67.6 Å². The number of benzene rings is 1. The fraction of sp³-hybridized carbons (Fsp3) is 0.667. The van der Waals surface area contributed by atoms with Crippen molar-refractivity contribution in [1.82, 2.24) is 56.0 Å². The normalized spacial score (nSPS) is 16.2. The largest absolute Gasteiger partial charge is 0.483 e. The number of likely N-dealkylation sites (tertiary alicyclic amines) is 1. The van der Waals surface area contributed by atoms with Crippen molar-refractivity contribution in [2.45, 2.75) is 95.6 Å². The molecule has 3 rings (SSSR count). The van der Waals surface area contributed by atoms with E-state index < -0.39 is 48.8 Å². The first-order chi connectivity index (χ1) is 38.6. The Hall–Kier alpha value is -6.99. The smallest absolute Gasteiger partial charge is 0.475 e. The molecule has 1 aromatic carbocycles. The van der Waals surface area contributed by atoms with Gasteiger partial charge in [0.1, 0.15) is 6.04 Å². The number of nitrogens with zero attached hydrogens (tertiary/aromatic N) is 7. The summed E-state index contributed by atoms with van der Waals surface area (Å²) in [6.45, 7) is 3.71. The number of nitrogens with two attached hydrogens (primary N) is 1. The van der Waals surface area contributed by atoms with Crippen LogP contribution in [0.5, 0.6) is 0 Å². The molecule has 2 atom stereocenters. The van der Waals surface area contributed by atoms with E-state index in [9.17, 15) is 68.5 Å². The molecule has 2 aliphatic rings. The number of hydrogen-bond acceptors (Lipinski definition) is 17. The zero-order valence-electron chi connectivity index (χ0n) is 46.8. The highest BCUT2D eigenvalue weighted by Gasteiger charge is 2.36. The van der Waals surface area contributed by atoms with Crippen molar-refractivity contribution < 1.29 is 78.4 Å². The number of carboxylic acids is 3. The van der Waals surface area contributed by atoms with E-state index in [4.69, 9.17) is 15.6 Å². The van der Waals surface area contributed by atoms with E-state index >= 15 is 0 Å². The maximum Gasteiger partial charge on any atom is 0.475 e. The van der Waals surface area contributed by atoms with Gasteiger partial charge in [-0.2, -0.15) is 0 Å². The van der Waals surface area contributed by atoms with Crippen molar-refractivity contribution in [2.24, 2.45) is 10.7 Å². The van der Waals surface area contributed by atoms with Gasteiger partial charge in [0.15, 0.2) is 5.96 Å². The molecule has 2 aliphatic heterocycles. The Kier molecular flexibility index (Phi) is 34.8. The molecule has 2 fully saturated rings. The van der Waals surface area contributed by atoms with Gasteiger partial charge < -0.3 is 77.5 Å². The van der Waals surface area contributed by atoms with Crippen LogP contribution in [0.3, 0.4) is 0 Å². The minimum atomic E-state index is -1.64. The Bertz CT molecular complexity index is 2150. The summed E-state index contributed by atoms with van der Waals surface area (Å²) in [5, 5.41) is 68.3. The van der Waals surface area contributed by atoms with Crippen molar-refractivity contribution in [2.75, 3.05) is 125 Å². The van der Waals surface area contributed by atoms with Crippen LogP contribution in [0.2, 0.25) is 0 Å². The zero-order valence-corrected chi connectivity index (χ0v) is 46.8. The summed E-state index contributed by atoms with van der Waals surface area (Å²) < 4.78 is 0. The van der Waals surface area contributed by atoms with E-state index in [0.29, 0.717) is 148 Å². The second kappa shape index (κ2) is 40.2. The molecule has 2 saturated heterocycles. The third-order valence-corrected chi connectivity index (χ3v) is 13.3. The van der Waals surface area contributed by atoms with Gasteiger partial charge in [0, 0.05) is 124 Å². The number of aliphatic carboxylic acids is 3. The Morgan fingerprint density at radius 1 is 0.679 bits per heavy atom. The number of hydrogen-bond donors (Lipinski definition) is 12. The predicted octanol–water partition coefficient (Wildman–Crippen LogP) is -3.29. The summed E-state index contributed by atoms with van der Waals surface area (Å²) in [6, 6.07) is 5.69. The molecule has 29 nitrogen and oxygen atoms in total. The Morgan fingerprint density at radius 3 is 1.69 bits per heavy atom. The third kappa shape index (κ3) is 31.6. The molecule has 0 aromatic heterocycles. The summed E-state index contributed by atoms with van der Waals surface area (Å²) in [5.74, 6) is -5.37. The van der Waals surface area contributed by atoms with E-state index in [1.165, 1.54) is 4.90 Å². The highest BCUT2D eigenvalue weighted by molar-refractivity contribution is 6.43. The molecule has 2 heterocycles. The zero-order chi connectivity index (χ0) is 60.1. The molecule has 0 bridgehead atoms. The maximum absolute atomic E-state index is 13.3. The highest BCUT2D eigenvalue weighted by Crippen LogP contribution is 2.18. The lowest BCUT2D eigenvalue weighted by molar-refractivity contribution is -0.140. The van der Waals surface area contributed by atoms with Crippen molar-refractivity contribution in [3.63, 3.8) is 0 Å². The first-order valence-electron chi connectivity index (χ1n) is 27.3. The standard InChI is InChI=1S/C50H84BN13O14.CH2O2/c1-59(2)50(52)55-21-7-10-39(49(76)54-20-6-3-12-42(66)56-32-37-15-17-38(18-16-37)48(75)57-33-44(68)64-23-8-11-40(64)51(77)78)58-43(67)13-4-5-19-53-41(65)14-9-22-60-24-26-61(34-45(69)70)28-30-63(36-47(73)74)31-29-62(27-25-60)35-46(71)72;2-1-3/h15-18,39-40,77-78H,3-14,19-36H2,1-2H3,(H2,52,55)(H,53,65)(H,54,76)(H,56,66)(H,57,75)(H,58,67)(H,69,70)(H,71,72)(H,73,74);1H,(H,2,3)/t39-,40?;/m0./s1. The topological polar surface area (TPSA) is 410 Å². The number of nitrogens with one attached hydrogen (secondary N) is 5. The van der Waals surface area contributed by atoms with Gasteiger partial charge in [0.2, 0.25) is 29.5 Å². The molecule has 1 aromatic rings. The van der Waals surface area contributed by atoms with Crippen LogP contribution in [0.1, 0.15) is 93.0 Å². The third-order valence-electron chi connectivity index (χ3n) is 13.3. The van der Waals surface area contributed by atoms with E-state index in [1.807, 2.05) is 0 Å². The number of carbonyl (C=O) groups excluding carboxylic acids is 6. The quantitative estimate of drug-likeness (QED) is 0.0111. The number of unbranched alkanes of at least 4 members (excludes halogenated alkanes) is 2. The Balaban J connectivity index is 0.00000730.